The topological polar surface area (TPSA) is 55.1 Å². The molecule has 3 nitrogen and oxygen atoms in total. The van der Waals surface area contributed by atoms with Crippen molar-refractivity contribution in [1.82, 2.24) is 0 Å². The molecular formula is C15H14Cl2N2OS. The molecule has 0 aliphatic rings. The van der Waals surface area contributed by atoms with Gasteiger partial charge in [0.25, 0.3) is 0 Å². The van der Waals surface area contributed by atoms with Crippen molar-refractivity contribution in [3.05, 3.63) is 52.5 Å². The molecule has 0 spiro atoms. The number of thioether (sulfide) groups is 1. The maximum atomic E-state index is 11.9. The smallest absolute Gasteiger partial charge is 0.225 e. The van der Waals surface area contributed by atoms with Crippen LogP contribution in [0.15, 0.2) is 47.4 Å². The number of hydrogen-bond acceptors (Lipinski definition) is 3. The van der Waals surface area contributed by atoms with E-state index in [1.165, 1.54) is 0 Å². The minimum Gasteiger partial charge on any atom is -0.399 e. The monoisotopic (exact) mass is 340 g/mol. The van der Waals surface area contributed by atoms with Gasteiger partial charge in [-0.15, -0.1) is 11.8 Å². The zero-order valence-corrected chi connectivity index (χ0v) is 13.4. The number of nitrogen functional groups attached to an aromatic ring is 1. The molecule has 0 atom stereocenters. The summed E-state index contributed by atoms with van der Waals surface area (Å²) in [6, 6.07) is 12.6. The molecule has 21 heavy (non-hydrogen) atoms. The zero-order chi connectivity index (χ0) is 15.2. The van der Waals surface area contributed by atoms with Crippen LogP contribution in [0.5, 0.6) is 0 Å². The van der Waals surface area contributed by atoms with E-state index >= 15 is 0 Å². The average molecular weight is 341 g/mol. The summed E-state index contributed by atoms with van der Waals surface area (Å²) in [5, 5.41) is 3.90. The third-order valence-electron chi connectivity index (χ3n) is 2.69. The van der Waals surface area contributed by atoms with E-state index in [0.29, 0.717) is 33.6 Å². The third-order valence-corrected chi connectivity index (χ3v) is 4.52. The fourth-order valence-electron chi connectivity index (χ4n) is 1.66. The molecule has 2 aromatic rings. The molecule has 0 aliphatic carbocycles. The molecule has 0 radical (unpaired) electrons. The van der Waals surface area contributed by atoms with E-state index in [1.807, 2.05) is 24.3 Å². The molecule has 0 fully saturated rings. The normalized spacial score (nSPS) is 10.4. The summed E-state index contributed by atoms with van der Waals surface area (Å²) in [7, 11) is 0. The van der Waals surface area contributed by atoms with Gasteiger partial charge in [-0.2, -0.15) is 0 Å². The van der Waals surface area contributed by atoms with Crippen molar-refractivity contribution in [2.24, 2.45) is 0 Å². The second-order valence-corrected chi connectivity index (χ2v) is 6.27. The standard InChI is InChI=1S/C15H14Cl2N2OS/c16-11-3-1-2-4-14(11)21-8-7-15(20)19-13-6-5-10(18)9-12(13)17/h1-6,9H,7-8,18H2,(H,19,20). The lowest BCUT2D eigenvalue weighted by Crippen LogP contribution is -2.12. The van der Waals surface area contributed by atoms with Crippen molar-refractivity contribution in [3.8, 4) is 0 Å². The second kappa shape index (κ2) is 7.59. The van der Waals surface area contributed by atoms with E-state index in [-0.39, 0.29) is 5.91 Å². The summed E-state index contributed by atoms with van der Waals surface area (Å²) < 4.78 is 0. The molecule has 110 valence electrons. The first-order valence-corrected chi connectivity index (χ1v) is 8.02. The van der Waals surface area contributed by atoms with Crippen LogP contribution in [0.4, 0.5) is 11.4 Å². The number of nitrogens with two attached hydrogens (primary N) is 1. The number of halogens is 2. The molecular weight excluding hydrogens is 327 g/mol. The number of carbonyl (C=O) groups excluding carboxylic acids is 1. The fraction of sp³-hybridized carbons (Fsp3) is 0.133. The maximum absolute atomic E-state index is 11.9. The number of nitrogens with one attached hydrogen (secondary N) is 1. The van der Waals surface area contributed by atoms with Crippen molar-refractivity contribution in [2.45, 2.75) is 11.3 Å². The van der Waals surface area contributed by atoms with E-state index < -0.39 is 0 Å². The Bertz CT molecular complexity index is 649. The maximum Gasteiger partial charge on any atom is 0.225 e. The van der Waals surface area contributed by atoms with Gasteiger partial charge in [0.2, 0.25) is 5.91 Å². The summed E-state index contributed by atoms with van der Waals surface area (Å²) in [5.74, 6) is 0.545. The van der Waals surface area contributed by atoms with E-state index in [4.69, 9.17) is 28.9 Å². The molecule has 0 unspecified atom stereocenters. The fourth-order valence-corrected chi connectivity index (χ4v) is 3.08. The highest BCUT2D eigenvalue weighted by Gasteiger charge is 2.07. The molecule has 0 aliphatic heterocycles. The van der Waals surface area contributed by atoms with E-state index in [0.717, 1.165) is 4.90 Å². The van der Waals surface area contributed by atoms with Crippen LogP contribution in [0.3, 0.4) is 0 Å². The summed E-state index contributed by atoms with van der Waals surface area (Å²) in [6.07, 6.45) is 0.372. The van der Waals surface area contributed by atoms with Gasteiger partial charge >= 0.3 is 0 Å². The van der Waals surface area contributed by atoms with Crippen molar-refractivity contribution in [3.63, 3.8) is 0 Å². The first-order chi connectivity index (χ1) is 10.1. The molecule has 0 saturated carbocycles. The minimum atomic E-state index is -0.0961. The number of anilines is 2. The van der Waals surface area contributed by atoms with Gasteiger partial charge in [0.1, 0.15) is 0 Å². The molecule has 1 amide bonds. The van der Waals surface area contributed by atoms with Gasteiger partial charge in [-0.3, -0.25) is 4.79 Å². The Labute approximate surface area is 137 Å². The van der Waals surface area contributed by atoms with Gasteiger partial charge in [-0.05, 0) is 30.3 Å². The first-order valence-electron chi connectivity index (χ1n) is 6.28. The summed E-state index contributed by atoms with van der Waals surface area (Å²) in [5.41, 5.74) is 6.73. The molecule has 3 N–H and O–H groups in total. The SMILES string of the molecule is Nc1ccc(NC(=O)CCSc2ccccc2Cl)c(Cl)c1. The number of amides is 1. The summed E-state index contributed by atoms with van der Waals surface area (Å²) in [4.78, 5) is 12.8. The lowest BCUT2D eigenvalue weighted by Gasteiger charge is -2.08. The van der Waals surface area contributed by atoms with Gasteiger partial charge in [0.05, 0.1) is 15.7 Å². The quantitative estimate of drug-likeness (QED) is 0.612. The number of hydrogen-bond donors (Lipinski definition) is 2. The second-order valence-electron chi connectivity index (χ2n) is 4.32. The minimum absolute atomic E-state index is 0.0961. The molecule has 2 rings (SSSR count). The lowest BCUT2D eigenvalue weighted by atomic mass is 10.3. The van der Waals surface area contributed by atoms with Crippen molar-refractivity contribution < 1.29 is 4.79 Å². The largest absolute Gasteiger partial charge is 0.399 e. The number of carbonyl (C=O) groups is 1. The van der Waals surface area contributed by atoms with Gasteiger partial charge < -0.3 is 11.1 Å². The van der Waals surface area contributed by atoms with Gasteiger partial charge in [-0.25, -0.2) is 0 Å². The van der Waals surface area contributed by atoms with Crippen LogP contribution in [0.2, 0.25) is 10.0 Å². The zero-order valence-electron chi connectivity index (χ0n) is 11.1. The van der Waals surface area contributed by atoms with Crippen molar-refractivity contribution in [1.29, 1.82) is 0 Å². The molecule has 0 saturated heterocycles. The van der Waals surface area contributed by atoms with Crippen molar-refractivity contribution >= 4 is 52.2 Å². The average Bonchev–Trinajstić information content (AvgIpc) is 2.44. The van der Waals surface area contributed by atoms with Crippen LogP contribution >= 0.6 is 35.0 Å². The number of rotatable bonds is 5. The summed E-state index contributed by atoms with van der Waals surface area (Å²) in [6.45, 7) is 0. The van der Waals surface area contributed by atoms with Crippen LogP contribution in [0.1, 0.15) is 6.42 Å². The molecule has 0 bridgehead atoms. The highest BCUT2D eigenvalue weighted by Crippen LogP contribution is 2.27. The van der Waals surface area contributed by atoms with E-state index in [2.05, 4.69) is 5.32 Å². The lowest BCUT2D eigenvalue weighted by molar-refractivity contribution is -0.115. The predicted molar refractivity (Wildman–Crippen MR) is 91.3 cm³/mol. The Balaban J connectivity index is 1.84. The first kappa shape index (κ1) is 16.0. The van der Waals surface area contributed by atoms with Crippen LogP contribution in [-0.4, -0.2) is 11.7 Å². The van der Waals surface area contributed by atoms with Crippen LogP contribution < -0.4 is 11.1 Å². The Morgan fingerprint density at radius 3 is 2.62 bits per heavy atom. The van der Waals surface area contributed by atoms with E-state index in [9.17, 15) is 4.79 Å². The Morgan fingerprint density at radius 1 is 1.14 bits per heavy atom. The van der Waals surface area contributed by atoms with Crippen LogP contribution in [0, 0.1) is 0 Å². The van der Waals surface area contributed by atoms with Gasteiger partial charge in [0.15, 0.2) is 0 Å². The van der Waals surface area contributed by atoms with Gasteiger partial charge in [-0.1, -0.05) is 35.3 Å². The van der Waals surface area contributed by atoms with Crippen LogP contribution in [0.25, 0.3) is 0 Å². The third kappa shape index (κ3) is 4.84. The Morgan fingerprint density at radius 2 is 1.90 bits per heavy atom. The molecule has 2 aromatic carbocycles. The Hall–Kier alpha value is -1.36. The highest BCUT2D eigenvalue weighted by molar-refractivity contribution is 7.99. The van der Waals surface area contributed by atoms with Gasteiger partial charge in [0, 0.05) is 22.8 Å². The predicted octanol–water partition coefficient (Wildman–Crippen LogP) is 4.70. The summed E-state index contributed by atoms with van der Waals surface area (Å²) >= 11 is 13.6. The van der Waals surface area contributed by atoms with Crippen molar-refractivity contribution in [2.75, 3.05) is 16.8 Å². The van der Waals surface area contributed by atoms with E-state index in [1.54, 1.807) is 30.0 Å². The highest BCUT2D eigenvalue weighted by atomic mass is 35.5. The molecule has 6 heteroatoms. The Kier molecular flexibility index (Phi) is 5.79. The number of benzene rings is 2. The molecule has 0 aromatic heterocycles. The molecule has 0 heterocycles. The van der Waals surface area contributed by atoms with Crippen LogP contribution in [-0.2, 0) is 4.79 Å².